The van der Waals surface area contributed by atoms with Crippen LogP contribution in [0.4, 0.5) is 5.82 Å². The molecule has 1 aromatic heterocycles. The summed E-state index contributed by atoms with van der Waals surface area (Å²) < 4.78 is 2.08. The number of nitriles is 1. The Bertz CT molecular complexity index is 647. The van der Waals surface area contributed by atoms with Gasteiger partial charge in [0.1, 0.15) is 17.3 Å². The van der Waals surface area contributed by atoms with Gasteiger partial charge < -0.3 is 10.3 Å². The van der Waals surface area contributed by atoms with E-state index in [1.807, 2.05) is 18.2 Å². The zero-order valence-electron chi connectivity index (χ0n) is 12.2. The number of benzene rings is 1. The van der Waals surface area contributed by atoms with Crippen LogP contribution < -0.4 is 5.73 Å². The molecule has 0 amide bonds. The monoisotopic (exact) mass is 268 g/mol. The lowest BCUT2D eigenvalue weighted by Crippen LogP contribution is -2.09. The van der Waals surface area contributed by atoms with Crippen LogP contribution in [0, 0.1) is 11.3 Å². The number of aryl methyl sites for hydroxylation is 1. The predicted molar refractivity (Wildman–Crippen MR) is 81.2 cm³/mol. The Morgan fingerprint density at radius 2 is 2.15 bits per heavy atom. The van der Waals surface area contributed by atoms with E-state index in [0.717, 1.165) is 29.9 Å². The first-order valence-electron chi connectivity index (χ1n) is 6.95. The van der Waals surface area contributed by atoms with Gasteiger partial charge in [0.2, 0.25) is 0 Å². The van der Waals surface area contributed by atoms with Crippen LogP contribution in [0.25, 0.3) is 11.3 Å². The molecule has 0 atom stereocenters. The molecule has 0 spiro atoms. The molecule has 0 aliphatic rings. The Morgan fingerprint density at radius 1 is 1.40 bits per heavy atom. The highest BCUT2D eigenvalue weighted by Crippen LogP contribution is 2.30. The molecule has 0 aliphatic heterocycles. The second-order valence-corrected chi connectivity index (χ2v) is 5.17. The number of rotatable bonds is 4. The van der Waals surface area contributed by atoms with Crippen molar-refractivity contribution in [1.29, 1.82) is 5.26 Å². The maximum absolute atomic E-state index is 9.00. The Hall–Kier alpha value is -2.28. The van der Waals surface area contributed by atoms with Gasteiger partial charge in [-0.1, -0.05) is 19.1 Å². The zero-order chi connectivity index (χ0) is 14.7. The molecule has 0 radical (unpaired) electrons. The van der Waals surface area contributed by atoms with Gasteiger partial charge in [-0.25, -0.2) is 4.98 Å². The Balaban J connectivity index is 2.57. The van der Waals surface area contributed by atoms with Crippen molar-refractivity contribution in [1.82, 2.24) is 9.55 Å². The van der Waals surface area contributed by atoms with E-state index in [2.05, 4.69) is 31.4 Å². The van der Waals surface area contributed by atoms with Crippen molar-refractivity contribution in [2.75, 3.05) is 5.73 Å². The first-order chi connectivity index (χ1) is 9.58. The van der Waals surface area contributed by atoms with Crippen molar-refractivity contribution >= 4 is 5.82 Å². The van der Waals surface area contributed by atoms with Crippen molar-refractivity contribution < 1.29 is 0 Å². The van der Waals surface area contributed by atoms with Crippen LogP contribution in [0.5, 0.6) is 0 Å². The van der Waals surface area contributed by atoms with E-state index in [1.165, 1.54) is 0 Å². The van der Waals surface area contributed by atoms with E-state index < -0.39 is 0 Å². The van der Waals surface area contributed by atoms with Crippen LogP contribution in [0.15, 0.2) is 24.3 Å². The molecular weight excluding hydrogens is 248 g/mol. The fourth-order valence-electron chi connectivity index (χ4n) is 2.42. The molecule has 0 fully saturated rings. The average molecular weight is 268 g/mol. The summed E-state index contributed by atoms with van der Waals surface area (Å²) in [5.41, 5.74) is 8.58. The van der Waals surface area contributed by atoms with Crippen LogP contribution in [0.3, 0.4) is 0 Å². The summed E-state index contributed by atoms with van der Waals surface area (Å²) in [4.78, 5) is 4.69. The van der Waals surface area contributed by atoms with E-state index in [9.17, 15) is 0 Å². The smallest absolute Gasteiger partial charge is 0.131 e. The van der Waals surface area contributed by atoms with E-state index in [0.29, 0.717) is 11.4 Å². The number of anilines is 1. The topological polar surface area (TPSA) is 67.6 Å². The maximum atomic E-state index is 9.00. The van der Waals surface area contributed by atoms with Gasteiger partial charge in [0, 0.05) is 18.0 Å². The summed E-state index contributed by atoms with van der Waals surface area (Å²) in [5.74, 6) is 1.69. The number of aromatic nitrogens is 2. The van der Waals surface area contributed by atoms with E-state index in [-0.39, 0.29) is 6.04 Å². The summed E-state index contributed by atoms with van der Waals surface area (Å²) in [6, 6.07) is 9.85. The minimum absolute atomic E-state index is 0.275. The number of nitrogens with zero attached hydrogens (tertiary/aromatic N) is 3. The first-order valence-corrected chi connectivity index (χ1v) is 6.95. The van der Waals surface area contributed by atoms with E-state index in [4.69, 9.17) is 16.0 Å². The zero-order valence-corrected chi connectivity index (χ0v) is 12.2. The van der Waals surface area contributed by atoms with Crippen molar-refractivity contribution in [2.45, 2.75) is 39.7 Å². The molecule has 4 heteroatoms. The standard InChI is InChI=1S/C16H20N4/c1-4-6-14-19-15(16(18)20(14)11(2)3)13-8-5-7-12(9-13)10-17/h5,7-9,11H,4,6,18H2,1-3H3. The van der Waals surface area contributed by atoms with Crippen molar-refractivity contribution in [3.8, 4) is 17.3 Å². The molecule has 104 valence electrons. The summed E-state index contributed by atoms with van der Waals surface area (Å²) in [7, 11) is 0. The van der Waals surface area contributed by atoms with Gasteiger partial charge in [-0.05, 0) is 32.4 Å². The minimum atomic E-state index is 0.275. The fourth-order valence-corrected chi connectivity index (χ4v) is 2.42. The number of imidazole rings is 1. The third kappa shape index (κ3) is 2.53. The molecule has 4 nitrogen and oxygen atoms in total. The molecule has 0 saturated carbocycles. The van der Waals surface area contributed by atoms with E-state index in [1.54, 1.807) is 6.07 Å². The Kier molecular flexibility index (Phi) is 4.09. The molecule has 0 saturated heterocycles. The first kappa shape index (κ1) is 14.1. The molecule has 1 heterocycles. The van der Waals surface area contributed by atoms with E-state index >= 15 is 0 Å². The minimum Gasteiger partial charge on any atom is -0.383 e. The van der Waals surface area contributed by atoms with Crippen LogP contribution in [0.2, 0.25) is 0 Å². The molecule has 0 unspecified atom stereocenters. The van der Waals surface area contributed by atoms with Gasteiger partial charge in [-0.2, -0.15) is 5.26 Å². The lowest BCUT2D eigenvalue weighted by molar-refractivity contribution is 0.571. The molecule has 2 rings (SSSR count). The summed E-state index contributed by atoms with van der Waals surface area (Å²) in [5, 5.41) is 9.00. The van der Waals surface area contributed by atoms with Crippen LogP contribution in [-0.4, -0.2) is 9.55 Å². The number of nitrogen functional groups attached to an aromatic ring is 1. The summed E-state index contributed by atoms with van der Waals surface area (Å²) in [6.07, 6.45) is 1.93. The second kappa shape index (κ2) is 5.79. The summed E-state index contributed by atoms with van der Waals surface area (Å²) >= 11 is 0. The molecule has 0 bridgehead atoms. The number of nitrogens with two attached hydrogens (primary N) is 1. The molecule has 0 aliphatic carbocycles. The molecule has 2 aromatic rings. The number of hydrogen-bond acceptors (Lipinski definition) is 3. The quantitative estimate of drug-likeness (QED) is 0.922. The van der Waals surface area contributed by atoms with Crippen LogP contribution >= 0.6 is 0 Å². The van der Waals surface area contributed by atoms with Gasteiger partial charge in [-0.3, -0.25) is 0 Å². The highest BCUT2D eigenvalue weighted by molar-refractivity contribution is 5.72. The van der Waals surface area contributed by atoms with Crippen molar-refractivity contribution in [3.05, 3.63) is 35.7 Å². The van der Waals surface area contributed by atoms with Gasteiger partial charge in [0.05, 0.1) is 11.6 Å². The van der Waals surface area contributed by atoms with Crippen molar-refractivity contribution in [3.63, 3.8) is 0 Å². The van der Waals surface area contributed by atoms with Gasteiger partial charge in [-0.15, -0.1) is 0 Å². The Labute approximate surface area is 119 Å². The SMILES string of the molecule is CCCc1nc(-c2cccc(C#N)c2)c(N)n1C(C)C. The maximum Gasteiger partial charge on any atom is 0.131 e. The van der Waals surface area contributed by atoms with Gasteiger partial charge >= 0.3 is 0 Å². The third-order valence-electron chi connectivity index (χ3n) is 3.28. The van der Waals surface area contributed by atoms with Crippen LogP contribution in [-0.2, 0) is 6.42 Å². The second-order valence-electron chi connectivity index (χ2n) is 5.17. The Morgan fingerprint density at radius 3 is 2.75 bits per heavy atom. The molecule has 1 aromatic carbocycles. The van der Waals surface area contributed by atoms with Gasteiger partial charge in [0.25, 0.3) is 0 Å². The van der Waals surface area contributed by atoms with Crippen LogP contribution in [0.1, 0.15) is 44.6 Å². The fraction of sp³-hybridized carbons (Fsp3) is 0.375. The normalized spacial score (nSPS) is 10.8. The molecular formula is C16H20N4. The predicted octanol–water partition coefficient (Wildman–Crippen LogP) is 3.54. The summed E-state index contributed by atoms with van der Waals surface area (Å²) in [6.45, 7) is 6.34. The highest BCUT2D eigenvalue weighted by atomic mass is 15.2. The average Bonchev–Trinajstić information content (AvgIpc) is 2.76. The highest BCUT2D eigenvalue weighted by Gasteiger charge is 2.17. The third-order valence-corrected chi connectivity index (χ3v) is 3.28. The molecule has 2 N–H and O–H groups in total. The van der Waals surface area contributed by atoms with Crippen molar-refractivity contribution in [2.24, 2.45) is 0 Å². The van der Waals surface area contributed by atoms with Gasteiger partial charge in [0.15, 0.2) is 0 Å². The molecule has 20 heavy (non-hydrogen) atoms. The lowest BCUT2D eigenvalue weighted by atomic mass is 10.1. The lowest BCUT2D eigenvalue weighted by Gasteiger charge is -2.13. The largest absolute Gasteiger partial charge is 0.383 e. The number of hydrogen-bond donors (Lipinski definition) is 1.